The quantitative estimate of drug-likeness (QED) is 0.845. The Bertz CT molecular complexity index is 725. The van der Waals surface area contributed by atoms with Crippen molar-refractivity contribution in [1.29, 1.82) is 0 Å². The molecular formula is C18H17ClN2O3. The van der Waals surface area contributed by atoms with Gasteiger partial charge in [0.05, 0.1) is 0 Å². The lowest BCUT2D eigenvalue weighted by molar-refractivity contribution is -0.118. The maximum absolute atomic E-state index is 11.9. The van der Waals surface area contributed by atoms with E-state index < -0.39 is 0 Å². The van der Waals surface area contributed by atoms with Gasteiger partial charge in [-0.05, 0) is 61.4 Å². The van der Waals surface area contributed by atoms with E-state index in [2.05, 4.69) is 10.6 Å². The Kier molecular flexibility index (Phi) is 5.01. The van der Waals surface area contributed by atoms with E-state index in [1.54, 1.807) is 48.5 Å². The minimum absolute atomic E-state index is 0.0820. The third-order valence-electron chi connectivity index (χ3n) is 3.53. The van der Waals surface area contributed by atoms with Gasteiger partial charge in [-0.2, -0.15) is 0 Å². The standard InChI is InChI=1S/C18H17ClN2O3/c19-13-3-9-16(10-4-13)24-11-17(22)20-14-5-1-12(2-6-14)18(23)21-15-7-8-15/h1-6,9-10,15H,7-8,11H2,(H,20,22)(H,21,23). The van der Waals surface area contributed by atoms with Crippen molar-refractivity contribution < 1.29 is 14.3 Å². The third kappa shape index (κ3) is 4.73. The van der Waals surface area contributed by atoms with Gasteiger partial charge in [0.2, 0.25) is 0 Å². The minimum atomic E-state index is -0.278. The predicted octanol–water partition coefficient (Wildman–Crippen LogP) is 3.25. The largest absolute Gasteiger partial charge is 0.484 e. The fraction of sp³-hybridized carbons (Fsp3) is 0.222. The summed E-state index contributed by atoms with van der Waals surface area (Å²) in [6.45, 7) is -0.106. The maximum Gasteiger partial charge on any atom is 0.262 e. The summed E-state index contributed by atoms with van der Waals surface area (Å²) in [6, 6.07) is 13.9. The lowest BCUT2D eigenvalue weighted by Gasteiger charge is -2.08. The highest BCUT2D eigenvalue weighted by Gasteiger charge is 2.23. The van der Waals surface area contributed by atoms with Gasteiger partial charge >= 0.3 is 0 Å². The number of carbonyl (C=O) groups excluding carboxylic acids is 2. The fourth-order valence-corrected chi connectivity index (χ4v) is 2.20. The van der Waals surface area contributed by atoms with E-state index in [0.717, 1.165) is 12.8 Å². The van der Waals surface area contributed by atoms with Crippen LogP contribution in [0.1, 0.15) is 23.2 Å². The molecule has 1 aliphatic rings. The Balaban J connectivity index is 1.48. The number of ether oxygens (including phenoxy) is 1. The van der Waals surface area contributed by atoms with Crippen molar-refractivity contribution in [3.8, 4) is 5.75 Å². The van der Waals surface area contributed by atoms with Crippen LogP contribution in [0.2, 0.25) is 5.02 Å². The Morgan fingerprint density at radius 3 is 2.33 bits per heavy atom. The summed E-state index contributed by atoms with van der Waals surface area (Å²) in [7, 11) is 0. The van der Waals surface area contributed by atoms with Crippen molar-refractivity contribution in [3.63, 3.8) is 0 Å². The van der Waals surface area contributed by atoms with E-state index in [0.29, 0.717) is 28.1 Å². The number of carbonyl (C=O) groups is 2. The van der Waals surface area contributed by atoms with Crippen molar-refractivity contribution in [2.24, 2.45) is 0 Å². The molecule has 0 aliphatic heterocycles. The van der Waals surface area contributed by atoms with Gasteiger partial charge in [0.15, 0.2) is 6.61 Å². The van der Waals surface area contributed by atoms with Gasteiger partial charge in [-0.25, -0.2) is 0 Å². The normalized spacial score (nSPS) is 13.2. The SMILES string of the molecule is O=C(COc1ccc(Cl)cc1)Nc1ccc(C(=O)NC2CC2)cc1. The van der Waals surface area contributed by atoms with E-state index in [-0.39, 0.29) is 18.4 Å². The maximum atomic E-state index is 11.9. The molecular weight excluding hydrogens is 328 g/mol. The number of anilines is 1. The molecule has 2 aromatic carbocycles. The molecule has 0 atom stereocenters. The topological polar surface area (TPSA) is 67.4 Å². The molecule has 0 heterocycles. The highest BCUT2D eigenvalue weighted by molar-refractivity contribution is 6.30. The van der Waals surface area contributed by atoms with Gasteiger partial charge in [0, 0.05) is 22.3 Å². The molecule has 6 heteroatoms. The minimum Gasteiger partial charge on any atom is -0.484 e. The van der Waals surface area contributed by atoms with Gasteiger partial charge in [-0.1, -0.05) is 11.6 Å². The zero-order valence-corrected chi connectivity index (χ0v) is 13.7. The second-order valence-corrected chi connectivity index (χ2v) is 6.05. The van der Waals surface area contributed by atoms with Crippen LogP contribution in [-0.2, 0) is 4.79 Å². The summed E-state index contributed by atoms with van der Waals surface area (Å²) in [4.78, 5) is 23.8. The number of rotatable bonds is 6. The second-order valence-electron chi connectivity index (χ2n) is 5.62. The molecule has 1 saturated carbocycles. The molecule has 0 unspecified atom stereocenters. The predicted molar refractivity (Wildman–Crippen MR) is 92.5 cm³/mol. The summed E-state index contributed by atoms with van der Waals surface area (Å²) >= 11 is 5.78. The average Bonchev–Trinajstić information content (AvgIpc) is 3.39. The number of benzene rings is 2. The Morgan fingerprint density at radius 1 is 1.04 bits per heavy atom. The molecule has 0 bridgehead atoms. The molecule has 1 aliphatic carbocycles. The van der Waals surface area contributed by atoms with Crippen molar-refractivity contribution in [2.45, 2.75) is 18.9 Å². The molecule has 2 aromatic rings. The van der Waals surface area contributed by atoms with Crippen LogP contribution in [0.5, 0.6) is 5.75 Å². The number of halogens is 1. The second kappa shape index (κ2) is 7.36. The van der Waals surface area contributed by atoms with E-state index in [1.807, 2.05) is 0 Å². The Hall–Kier alpha value is -2.53. The molecule has 3 rings (SSSR count). The van der Waals surface area contributed by atoms with Crippen LogP contribution in [0.15, 0.2) is 48.5 Å². The number of amides is 2. The van der Waals surface area contributed by atoms with Crippen molar-refractivity contribution in [3.05, 3.63) is 59.1 Å². The van der Waals surface area contributed by atoms with Crippen LogP contribution in [0, 0.1) is 0 Å². The van der Waals surface area contributed by atoms with Crippen LogP contribution in [0.25, 0.3) is 0 Å². The molecule has 2 amide bonds. The van der Waals surface area contributed by atoms with E-state index in [9.17, 15) is 9.59 Å². The van der Waals surface area contributed by atoms with E-state index in [4.69, 9.17) is 16.3 Å². The molecule has 0 spiro atoms. The van der Waals surface area contributed by atoms with E-state index in [1.165, 1.54) is 0 Å². The number of hydrogen-bond donors (Lipinski definition) is 2. The van der Waals surface area contributed by atoms with Gasteiger partial charge in [0.25, 0.3) is 11.8 Å². The molecule has 0 saturated heterocycles. The van der Waals surface area contributed by atoms with Gasteiger partial charge < -0.3 is 15.4 Å². The molecule has 0 aromatic heterocycles. The first-order chi connectivity index (χ1) is 11.6. The molecule has 2 N–H and O–H groups in total. The van der Waals surface area contributed by atoms with Crippen molar-refractivity contribution in [1.82, 2.24) is 5.32 Å². The third-order valence-corrected chi connectivity index (χ3v) is 3.78. The summed E-state index contributed by atoms with van der Waals surface area (Å²) in [5.41, 5.74) is 1.19. The Labute approximate surface area is 145 Å². The zero-order valence-electron chi connectivity index (χ0n) is 12.9. The highest BCUT2D eigenvalue weighted by Crippen LogP contribution is 2.20. The monoisotopic (exact) mass is 344 g/mol. The molecule has 124 valence electrons. The van der Waals surface area contributed by atoms with Gasteiger partial charge in [-0.3, -0.25) is 9.59 Å². The Morgan fingerprint density at radius 2 is 1.71 bits per heavy atom. The van der Waals surface area contributed by atoms with Crippen molar-refractivity contribution in [2.75, 3.05) is 11.9 Å². The summed E-state index contributed by atoms with van der Waals surface area (Å²) in [5.74, 6) is 0.211. The van der Waals surface area contributed by atoms with Crippen molar-refractivity contribution >= 4 is 29.1 Å². The number of nitrogens with one attached hydrogen (secondary N) is 2. The zero-order chi connectivity index (χ0) is 16.9. The smallest absolute Gasteiger partial charge is 0.262 e. The van der Waals surface area contributed by atoms with Crippen LogP contribution in [0.4, 0.5) is 5.69 Å². The summed E-state index contributed by atoms with van der Waals surface area (Å²) in [6.07, 6.45) is 2.10. The molecule has 5 nitrogen and oxygen atoms in total. The van der Waals surface area contributed by atoms with Gasteiger partial charge in [-0.15, -0.1) is 0 Å². The molecule has 24 heavy (non-hydrogen) atoms. The first-order valence-corrected chi connectivity index (χ1v) is 8.07. The molecule has 0 radical (unpaired) electrons. The van der Waals surface area contributed by atoms with Gasteiger partial charge in [0.1, 0.15) is 5.75 Å². The van der Waals surface area contributed by atoms with Crippen LogP contribution < -0.4 is 15.4 Å². The average molecular weight is 345 g/mol. The van der Waals surface area contributed by atoms with E-state index >= 15 is 0 Å². The number of hydrogen-bond acceptors (Lipinski definition) is 3. The highest BCUT2D eigenvalue weighted by atomic mass is 35.5. The van der Waals surface area contributed by atoms with Crippen LogP contribution in [-0.4, -0.2) is 24.5 Å². The summed E-state index contributed by atoms with van der Waals surface area (Å²) in [5, 5.41) is 6.25. The fourth-order valence-electron chi connectivity index (χ4n) is 2.08. The lowest BCUT2D eigenvalue weighted by atomic mass is 10.2. The van der Waals surface area contributed by atoms with Crippen LogP contribution in [0.3, 0.4) is 0 Å². The first-order valence-electron chi connectivity index (χ1n) is 7.69. The first kappa shape index (κ1) is 16.3. The lowest BCUT2D eigenvalue weighted by Crippen LogP contribution is -2.25. The summed E-state index contributed by atoms with van der Waals surface area (Å²) < 4.78 is 5.37. The van der Waals surface area contributed by atoms with Crippen LogP contribution >= 0.6 is 11.6 Å². The molecule has 1 fully saturated rings.